The van der Waals surface area contributed by atoms with Crippen LogP contribution in [0.25, 0.3) is 0 Å². The van der Waals surface area contributed by atoms with Crippen LogP contribution in [-0.4, -0.2) is 19.9 Å². The van der Waals surface area contributed by atoms with E-state index in [0.29, 0.717) is 12.2 Å². The van der Waals surface area contributed by atoms with Gasteiger partial charge in [-0.05, 0) is 38.1 Å². The molecule has 106 valence electrons. The number of aryl methyl sites for hydroxylation is 1. The quantitative estimate of drug-likeness (QED) is 0.936. The molecule has 1 aromatic carbocycles. The summed E-state index contributed by atoms with van der Waals surface area (Å²) in [4.78, 5) is 3.91. The molecule has 1 heterocycles. The van der Waals surface area contributed by atoms with E-state index in [1.165, 1.54) is 16.6 Å². The Morgan fingerprint density at radius 3 is 2.40 bits per heavy atom. The molecule has 0 aliphatic rings. The lowest BCUT2D eigenvalue weighted by Gasteiger charge is -2.23. The second-order valence-electron chi connectivity index (χ2n) is 4.40. The van der Waals surface area contributed by atoms with Crippen LogP contribution in [0.5, 0.6) is 0 Å². The first-order valence-corrected chi connectivity index (χ1v) is 7.70. The molecule has 2 N–H and O–H groups in total. The molecule has 0 radical (unpaired) electrons. The number of nitrogens with two attached hydrogens (primary N) is 1. The Labute approximate surface area is 119 Å². The fraction of sp³-hybridized carbons (Fsp3) is 0.214. The number of sulfonamides is 1. The highest BCUT2D eigenvalue weighted by Gasteiger charge is 2.26. The summed E-state index contributed by atoms with van der Waals surface area (Å²) in [5, 5.41) is -0.109. The van der Waals surface area contributed by atoms with E-state index >= 15 is 0 Å². The van der Waals surface area contributed by atoms with Gasteiger partial charge in [0.2, 0.25) is 0 Å². The van der Waals surface area contributed by atoms with Crippen LogP contribution in [0.2, 0.25) is 0 Å². The Balaban J connectivity index is 2.51. The first-order valence-electron chi connectivity index (χ1n) is 6.26. The van der Waals surface area contributed by atoms with Crippen LogP contribution in [0.15, 0.2) is 47.6 Å². The highest BCUT2D eigenvalue weighted by molar-refractivity contribution is 7.92. The highest BCUT2D eigenvalue weighted by atomic mass is 32.2. The predicted octanol–water partition coefficient (Wildman–Crippen LogP) is 2.19. The molecule has 0 bridgehead atoms. The summed E-state index contributed by atoms with van der Waals surface area (Å²) in [6.45, 7) is 4.03. The van der Waals surface area contributed by atoms with Crippen molar-refractivity contribution in [3.63, 3.8) is 0 Å². The number of pyridine rings is 1. The zero-order valence-electron chi connectivity index (χ0n) is 11.4. The number of anilines is 2. The minimum Gasteiger partial charge on any atom is -0.396 e. The van der Waals surface area contributed by atoms with Gasteiger partial charge in [-0.25, -0.2) is 4.98 Å². The zero-order valence-corrected chi connectivity index (χ0v) is 12.3. The summed E-state index contributed by atoms with van der Waals surface area (Å²) < 4.78 is 26.6. The normalized spacial score (nSPS) is 11.3. The van der Waals surface area contributed by atoms with Crippen LogP contribution < -0.4 is 10.0 Å². The fourth-order valence-electron chi connectivity index (χ4n) is 1.93. The first-order chi connectivity index (χ1) is 9.46. The number of rotatable bonds is 4. The van der Waals surface area contributed by atoms with Crippen LogP contribution in [0, 0.1) is 6.92 Å². The highest BCUT2D eigenvalue weighted by Crippen LogP contribution is 2.25. The molecule has 0 saturated heterocycles. The van der Waals surface area contributed by atoms with E-state index in [1.54, 1.807) is 25.1 Å². The van der Waals surface area contributed by atoms with Gasteiger partial charge >= 0.3 is 0 Å². The third-order valence-electron chi connectivity index (χ3n) is 2.94. The van der Waals surface area contributed by atoms with Crippen molar-refractivity contribution in [1.29, 1.82) is 0 Å². The molecule has 0 unspecified atom stereocenters. The topological polar surface area (TPSA) is 76.3 Å². The van der Waals surface area contributed by atoms with E-state index in [0.717, 1.165) is 5.56 Å². The smallest absolute Gasteiger partial charge is 0.283 e. The molecule has 6 heteroatoms. The molecule has 0 fully saturated rings. The van der Waals surface area contributed by atoms with E-state index in [1.807, 2.05) is 19.1 Å². The SMILES string of the molecule is CCN(c1ccc(C)cc1)S(=O)(=O)c1ncccc1N. The van der Waals surface area contributed by atoms with Gasteiger partial charge in [0.25, 0.3) is 10.0 Å². The van der Waals surface area contributed by atoms with E-state index in [2.05, 4.69) is 4.98 Å². The number of nitrogen functional groups attached to an aromatic ring is 1. The second kappa shape index (κ2) is 5.50. The summed E-state index contributed by atoms with van der Waals surface area (Å²) in [7, 11) is -3.75. The molecule has 2 aromatic rings. The summed E-state index contributed by atoms with van der Waals surface area (Å²) in [6, 6.07) is 10.4. The van der Waals surface area contributed by atoms with Gasteiger partial charge in [0.05, 0.1) is 11.4 Å². The number of hydrogen-bond acceptors (Lipinski definition) is 4. The third-order valence-corrected chi connectivity index (χ3v) is 4.82. The summed E-state index contributed by atoms with van der Waals surface area (Å²) in [6.07, 6.45) is 1.42. The molecule has 0 atom stereocenters. The Bertz CT molecular complexity index is 697. The molecular formula is C14H17N3O2S. The van der Waals surface area contributed by atoms with Gasteiger partial charge in [-0.2, -0.15) is 8.42 Å². The van der Waals surface area contributed by atoms with Gasteiger partial charge in [-0.3, -0.25) is 4.31 Å². The van der Waals surface area contributed by atoms with E-state index < -0.39 is 10.0 Å². The standard InChI is InChI=1S/C14H17N3O2S/c1-3-17(12-8-6-11(2)7-9-12)20(18,19)14-13(15)5-4-10-16-14/h4-10H,3,15H2,1-2H3. The minimum atomic E-state index is -3.75. The lowest BCUT2D eigenvalue weighted by Crippen LogP contribution is -2.32. The Morgan fingerprint density at radius 2 is 1.85 bits per heavy atom. The Kier molecular flexibility index (Phi) is 3.94. The van der Waals surface area contributed by atoms with Gasteiger partial charge in [-0.15, -0.1) is 0 Å². The predicted molar refractivity (Wildman–Crippen MR) is 80.0 cm³/mol. The van der Waals surface area contributed by atoms with Crippen LogP contribution in [0.4, 0.5) is 11.4 Å². The average molecular weight is 291 g/mol. The fourth-order valence-corrected chi connectivity index (χ4v) is 3.43. The minimum absolute atomic E-state index is 0.109. The van der Waals surface area contributed by atoms with Gasteiger partial charge in [0.1, 0.15) is 0 Å². The maximum absolute atomic E-state index is 12.7. The molecule has 0 spiro atoms. The van der Waals surface area contributed by atoms with E-state index in [9.17, 15) is 8.42 Å². The summed E-state index contributed by atoms with van der Waals surface area (Å²) >= 11 is 0. The lowest BCUT2D eigenvalue weighted by atomic mass is 10.2. The van der Waals surface area contributed by atoms with Gasteiger partial charge in [0.15, 0.2) is 5.03 Å². The lowest BCUT2D eigenvalue weighted by molar-refractivity contribution is 0.588. The van der Waals surface area contributed by atoms with Crippen molar-refractivity contribution in [3.8, 4) is 0 Å². The molecule has 0 aliphatic heterocycles. The van der Waals surface area contributed by atoms with Gasteiger partial charge < -0.3 is 5.73 Å². The number of hydrogen-bond donors (Lipinski definition) is 1. The summed E-state index contributed by atoms with van der Waals surface area (Å²) in [5.74, 6) is 0. The van der Waals surface area contributed by atoms with Gasteiger partial charge in [0, 0.05) is 12.7 Å². The molecule has 2 rings (SSSR count). The molecule has 0 amide bonds. The van der Waals surface area contributed by atoms with Crippen molar-refractivity contribution in [2.75, 3.05) is 16.6 Å². The van der Waals surface area contributed by atoms with Crippen molar-refractivity contribution in [2.45, 2.75) is 18.9 Å². The Morgan fingerprint density at radius 1 is 1.20 bits per heavy atom. The van der Waals surface area contributed by atoms with Crippen LogP contribution >= 0.6 is 0 Å². The van der Waals surface area contributed by atoms with Crippen LogP contribution in [-0.2, 0) is 10.0 Å². The number of aromatic nitrogens is 1. The van der Waals surface area contributed by atoms with E-state index in [-0.39, 0.29) is 10.7 Å². The number of nitrogens with zero attached hydrogens (tertiary/aromatic N) is 2. The van der Waals surface area contributed by atoms with Crippen molar-refractivity contribution >= 4 is 21.4 Å². The number of benzene rings is 1. The molecular weight excluding hydrogens is 274 g/mol. The zero-order chi connectivity index (χ0) is 14.8. The maximum atomic E-state index is 12.7. The van der Waals surface area contributed by atoms with Crippen molar-refractivity contribution in [1.82, 2.24) is 4.98 Å². The molecule has 20 heavy (non-hydrogen) atoms. The molecule has 1 aromatic heterocycles. The largest absolute Gasteiger partial charge is 0.396 e. The monoisotopic (exact) mass is 291 g/mol. The van der Waals surface area contributed by atoms with Crippen molar-refractivity contribution in [3.05, 3.63) is 48.2 Å². The van der Waals surface area contributed by atoms with Crippen molar-refractivity contribution in [2.24, 2.45) is 0 Å². The summed E-state index contributed by atoms with van der Waals surface area (Å²) in [5.41, 5.74) is 7.55. The third kappa shape index (κ3) is 2.60. The first kappa shape index (κ1) is 14.3. The van der Waals surface area contributed by atoms with Crippen LogP contribution in [0.1, 0.15) is 12.5 Å². The van der Waals surface area contributed by atoms with Crippen LogP contribution in [0.3, 0.4) is 0 Å². The average Bonchev–Trinajstić information content (AvgIpc) is 2.42. The second-order valence-corrected chi connectivity index (χ2v) is 6.18. The van der Waals surface area contributed by atoms with E-state index in [4.69, 9.17) is 5.73 Å². The maximum Gasteiger partial charge on any atom is 0.283 e. The molecule has 0 saturated carbocycles. The van der Waals surface area contributed by atoms with Gasteiger partial charge in [-0.1, -0.05) is 17.7 Å². The molecule has 5 nitrogen and oxygen atoms in total. The van der Waals surface area contributed by atoms with Crippen molar-refractivity contribution < 1.29 is 8.42 Å². The Hall–Kier alpha value is -2.08. The molecule has 0 aliphatic carbocycles.